The summed E-state index contributed by atoms with van der Waals surface area (Å²) in [5, 5.41) is 13.5. The van der Waals surface area contributed by atoms with Crippen molar-refractivity contribution in [3.63, 3.8) is 0 Å². The second-order valence-electron chi connectivity index (χ2n) is 13.6. The Hall–Kier alpha value is -3.72. The summed E-state index contributed by atoms with van der Waals surface area (Å²) < 4.78 is 20.6. The lowest BCUT2D eigenvalue weighted by Gasteiger charge is -2.55. The molecule has 0 radical (unpaired) electrons. The number of phenols is 1. The van der Waals surface area contributed by atoms with Gasteiger partial charge in [0.25, 0.3) is 5.91 Å². The fourth-order valence-electron chi connectivity index (χ4n) is 7.63. The molecule has 6 rings (SSSR count). The number of fused-ring (bicyclic) bond motifs is 1. The van der Waals surface area contributed by atoms with E-state index < -0.39 is 25.7 Å². The summed E-state index contributed by atoms with van der Waals surface area (Å²) in [7, 11) is -4.64. The lowest BCUT2D eigenvalue weighted by Crippen LogP contribution is -2.69. The molecule has 0 saturated carbocycles. The van der Waals surface area contributed by atoms with Crippen LogP contribution in [0.1, 0.15) is 54.4 Å². The molecule has 0 aromatic heterocycles. The second kappa shape index (κ2) is 16.7. The molecule has 0 unspecified atom stereocenters. The number of aromatic hydroxyl groups is 1. The van der Waals surface area contributed by atoms with Gasteiger partial charge in [-0.05, 0) is 67.9 Å². The third-order valence-electron chi connectivity index (χ3n) is 10.2. The van der Waals surface area contributed by atoms with Crippen LogP contribution in [0.2, 0.25) is 0 Å². The van der Waals surface area contributed by atoms with Gasteiger partial charge in [-0.3, -0.25) is 9.69 Å². The average molecular weight is 732 g/mol. The van der Waals surface area contributed by atoms with E-state index in [-0.39, 0.29) is 24.1 Å². The number of anilines is 1. The van der Waals surface area contributed by atoms with E-state index in [4.69, 9.17) is 28.7 Å². The molecule has 0 spiro atoms. The molecule has 4 aliphatic heterocycles. The van der Waals surface area contributed by atoms with Gasteiger partial charge in [0.05, 0.1) is 13.2 Å². The smallest absolute Gasteiger partial charge is 0.466 e. The number of rotatable bonds is 6. The minimum Gasteiger partial charge on any atom is -0.507 e. The molecule has 0 aliphatic carbocycles. The van der Waals surface area contributed by atoms with Crippen LogP contribution in [0.15, 0.2) is 36.4 Å². The van der Waals surface area contributed by atoms with Gasteiger partial charge in [0.1, 0.15) is 11.4 Å². The van der Waals surface area contributed by atoms with Crippen LogP contribution in [-0.2, 0) is 31.7 Å². The highest BCUT2D eigenvalue weighted by atomic mass is 31.2. The maximum absolute atomic E-state index is 14.2. The lowest BCUT2D eigenvalue weighted by atomic mass is 9.91. The first-order valence-corrected chi connectivity index (χ1v) is 19.1. The normalized spacial score (nSPS) is 20.3. The van der Waals surface area contributed by atoms with Crippen LogP contribution in [0.3, 0.4) is 0 Å². The van der Waals surface area contributed by atoms with Crippen LogP contribution in [-0.4, -0.2) is 128 Å². The molecular weight excluding hydrogens is 681 g/mol. The van der Waals surface area contributed by atoms with Gasteiger partial charge in [0, 0.05) is 70.8 Å². The van der Waals surface area contributed by atoms with Crippen molar-refractivity contribution in [2.75, 3.05) is 64.3 Å². The molecule has 0 bridgehead atoms. The molecule has 280 valence electrons. The van der Waals surface area contributed by atoms with E-state index in [9.17, 15) is 19.5 Å². The number of carbonyl (C=O) groups excluding carboxylic acids is 3. The molecule has 51 heavy (non-hydrogen) atoms. The van der Waals surface area contributed by atoms with E-state index in [1.54, 1.807) is 9.80 Å². The number of urea groups is 1. The maximum atomic E-state index is 14.2. The zero-order chi connectivity index (χ0) is 36.8. The van der Waals surface area contributed by atoms with Crippen molar-refractivity contribution in [2.45, 2.75) is 70.6 Å². The van der Waals surface area contributed by atoms with Crippen LogP contribution >= 0.6 is 7.82 Å². The van der Waals surface area contributed by atoms with E-state index in [1.165, 1.54) is 0 Å². The van der Waals surface area contributed by atoms with E-state index >= 15 is 0 Å². The van der Waals surface area contributed by atoms with Crippen LogP contribution in [0.25, 0.3) is 0 Å². The standard InChI is InChI=1S/C35H47N5O6.H3O4P/c1-25-22-27(23-26(2)31(25)41)24-30(46-34(44)38-13-6-3-7-14-38)32(42)37-16-11-35(12-17-37,39-18-20-45-21-19-39)40-15-10-28-8-4-5-9-29(28)36-33(40)43;1-5(2,3)4/h4-5,8-9,22-23,30,41H,3,6-7,10-21,24H2,1-2H3,(H,36,43);(H3,1,2,3,4)/t30-;/m1./s1. The topological polar surface area (TPSA) is 193 Å². The largest absolute Gasteiger partial charge is 0.507 e. The number of amides is 4. The van der Waals surface area contributed by atoms with Crippen molar-refractivity contribution in [1.29, 1.82) is 0 Å². The van der Waals surface area contributed by atoms with Crippen LogP contribution in [0.4, 0.5) is 15.3 Å². The average Bonchev–Trinajstić information content (AvgIpc) is 3.28. The number of para-hydroxylation sites is 1. The second-order valence-corrected chi connectivity index (χ2v) is 14.6. The van der Waals surface area contributed by atoms with Crippen LogP contribution in [0, 0.1) is 13.8 Å². The van der Waals surface area contributed by atoms with Gasteiger partial charge < -0.3 is 49.3 Å². The van der Waals surface area contributed by atoms with Gasteiger partial charge in [-0.15, -0.1) is 0 Å². The number of nitrogens with one attached hydrogen (secondary N) is 1. The Morgan fingerprint density at radius 3 is 2.16 bits per heavy atom. The Morgan fingerprint density at radius 1 is 0.922 bits per heavy atom. The van der Waals surface area contributed by atoms with Crippen molar-refractivity contribution < 1.29 is 48.2 Å². The first kappa shape index (κ1) is 38.5. The number of ether oxygens (including phenoxy) is 2. The number of carbonyl (C=O) groups is 3. The van der Waals surface area contributed by atoms with Crippen molar-refractivity contribution in [2.24, 2.45) is 0 Å². The van der Waals surface area contributed by atoms with Gasteiger partial charge in [-0.2, -0.15) is 0 Å². The van der Waals surface area contributed by atoms with Crippen molar-refractivity contribution in [3.05, 3.63) is 58.7 Å². The quantitative estimate of drug-likeness (QED) is 0.274. The van der Waals surface area contributed by atoms with E-state index in [2.05, 4.69) is 16.3 Å². The fourth-order valence-corrected chi connectivity index (χ4v) is 7.63. The Morgan fingerprint density at radius 2 is 1.53 bits per heavy atom. The summed E-state index contributed by atoms with van der Waals surface area (Å²) in [6.07, 6.45) is 3.60. The van der Waals surface area contributed by atoms with E-state index in [0.717, 1.165) is 53.6 Å². The number of benzene rings is 2. The van der Waals surface area contributed by atoms with E-state index in [1.807, 2.05) is 49.1 Å². The Bertz CT molecular complexity index is 1570. The van der Waals surface area contributed by atoms with Crippen LogP contribution in [0.5, 0.6) is 5.75 Å². The van der Waals surface area contributed by atoms with Crippen molar-refractivity contribution in [3.8, 4) is 5.75 Å². The molecule has 4 aliphatic rings. The molecule has 4 amide bonds. The van der Waals surface area contributed by atoms with Gasteiger partial charge in [0.15, 0.2) is 6.10 Å². The summed E-state index contributed by atoms with van der Waals surface area (Å²) in [4.78, 5) is 70.7. The molecule has 2 aromatic rings. The van der Waals surface area contributed by atoms with Crippen LogP contribution < -0.4 is 5.32 Å². The molecule has 1 atom stereocenters. The highest BCUT2D eigenvalue weighted by molar-refractivity contribution is 7.45. The van der Waals surface area contributed by atoms with Gasteiger partial charge in [-0.25, -0.2) is 14.2 Å². The molecule has 3 saturated heterocycles. The molecular formula is C35H50N5O10P. The Balaban J connectivity index is 0.000000943. The minimum absolute atomic E-state index is 0.123. The summed E-state index contributed by atoms with van der Waals surface area (Å²) in [5.74, 6) is 0.00473. The minimum atomic E-state index is -4.64. The molecule has 16 heteroatoms. The number of aryl methyl sites for hydroxylation is 2. The zero-order valence-electron chi connectivity index (χ0n) is 29.3. The number of nitrogens with zero attached hydrogens (tertiary/aromatic N) is 4. The monoisotopic (exact) mass is 731 g/mol. The SMILES string of the molecule is Cc1cc(C[C@@H](OC(=O)N2CCCCC2)C(=O)N2CCC(N3CCOCC3)(N3CCc4ccccc4NC3=O)CC2)cc(C)c1O.O=P(O)(O)O. The summed E-state index contributed by atoms with van der Waals surface area (Å²) in [6, 6.07) is 11.5. The van der Waals surface area contributed by atoms with Gasteiger partial charge in [-0.1, -0.05) is 30.3 Å². The number of hydrogen-bond donors (Lipinski definition) is 5. The predicted octanol–water partition coefficient (Wildman–Crippen LogP) is 3.36. The third-order valence-corrected chi connectivity index (χ3v) is 10.2. The highest BCUT2D eigenvalue weighted by Gasteiger charge is 2.49. The Labute approximate surface area is 298 Å². The Kier molecular flexibility index (Phi) is 12.6. The summed E-state index contributed by atoms with van der Waals surface area (Å²) in [6.45, 7) is 8.96. The molecule has 2 aromatic carbocycles. The van der Waals surface area contributed by atoms with Crippen molar-refractivity contribution >= 4 is 31.5 Å². The first-order valence-electron chi connectivity index (χ1n) is 17.6. The number of phenolic OH excluding ortho intramolecular Hbond substituents is 1. The number of likely N-dealkylation sites (tertiary alicyclic amines) is 2. The van der Waals surface area contributed by atoms with E-state index in [0.29, 0.717) is 71.9 Å². The number of hydrogen-bond acceptors (Lipinski definition) is 8. The summed E-state index contributed by atoms with van der Waals surface area (Å²) in [5.41, 5.74) is 3.65. The van der Waals surface area contributed by atoms with Crippen molar-refractivity contribution in [1.82, 2.24) is 19.6 Å². The van der Waals surface area contributed by atoms with Gasteiger partial charge in [0.2, 0.25) is 0 Å². The zero-order valence-corrected chi connectivity index (χ0v) is 30.2. The lowest BCUT2D eigenvalue weighted by molar-refractivity contribution is -0.149. The fraction of sp³-hybridized carbons (Fsp3) is 0.571. The number of phosphoric acid groups is 1. The number of morpholine rings is 1. The molecule has 4 heterocycles. The molecule has 3 fully saturated rings. The molecule has 5 N–H and O–H groups in total. The maximum Gasteiger partial charge on any atom is 0.466 e. The highest BCUT2D eigenvalue weighted by Crippen LogP contribution is 2.37. The summed E-state index contributed by atoms with van der Waals surface area (Å²) >= 11 is 0. The number of piperidine rings is 2. The molecule has 15 nitrogen and oxygen atoms in total. The first-order chi connectivity index (χ1) is 24.2. The predicted molar refractivity (Wildman–Crippen MR) is 188 cm³/mol. The van der Waals surface area contributed by atoms with Gasteiger partial charge >= 0.3 is 19.9 Å². The third kappa shape index (κ3) is 9.79.